The van der Waals surface area contributed by atoms with Crippen molar-refractivity contribution in [1.82, 2.24) is 14.8 Å². The summed E-state index contributed by atoms with van der Waals surface area (Å²) in [5.41, 5.74) is 2.04. The van der Waals surface area contributed by atoms with Crippen molar-refractivity contribution in [2.24, 2.45) is 0 Å². The zero-order valence-corrected chi connectivity index (χ0v) is 17.4. The van der Waals surface area contributed by atoms with Gasteiger partial charge in [0.15, 0.2) is 28.3 Å². The SMILES string of the molecule is COc1ccc(-n2c(SCC(=O)c3ccc(O)c(O)c3)nnc2-c2ccccc2)cc1. The Kier molecular flexibility index (Phi) is 5.90. The minimum Gasteiger partial charge on any atom is -0.504 e. The fourth-order valence-corrected chi connectivity index (χ4v) is 3.86. The molecule has 4 aromatic rings. The van der Waals surface area contributed by atoms with Crippen LogP contribution in [-0.2, 0) is 0 Å². The molecule has 3 aromatic carbocycles. The normalized spacial score (nSPS) is 10.7. The largest absolute Gasteiger partial charge is 0.504 e. The molecule has 0 aliphatic carbocycles. The summed E-state index contributed by atoms with van der Waals surface area (Å²) in [5, 5.41) is 28.3. The fraction of sp³-hybridized carbons (Fsp3) is 0.0870. The fourth-order valence-electron chi connectivity index (χ4n) is 3.01. The number of hydrogen-bond donors (Lipinski definition) is 2. The van der Waals surface area contributed by atoms with Gasteiger partial charge in [-0.25, -0.2) is 0 Å². The number of Topliss-reactive ketones (excluding diaryl/α,β-unsaturated/α-hetero) is 1. The first-order chi connectivity index (χ1) is 15.1. The Hall–Kier alpha value is -3.78. The summed E-state index contributed by atoms with van der Waals surface area (Å²) in [5.74, 6) is 0.677. The molecular weight excluding hydrogens is 414 g/mol. The number of rotatable bonds is 7. The van der Waals surface area contributed by atoms with E-state index in [-0.39, 0.29) is 23.0 Å². The van der Waals surface area contributed by atoms with Crippen molar-refractivity contribution >= 4 is 17.5 Å². The van der Waals surface area contributed by atoms with E-state index in [1.165, 1.54) is 30.0 Å². The van der Waals surface area contributed by atoms with Crippen molar-refractivity contribution in [1.29, 1.82) is 0 Å². The lowest BCUT2D eigenvalue weighted by atomic mass is 10.1. The van der Waals surface area contributed by atoms with E-state index in [9.17, 15) is 15.0 Å². The van der Waals surface area contributed by atoms with Gasteiger partial charge in [-0.15, -0.1) is 10.2 Å². The van der Waals surface area contributed by atoms with E-state index < -0.39 is 0 Å². The molecule has 156 valence electrons. The van der Waals surface area contributed by atoms with Gasteiger partial charge in [0.1, 0.15) is 5.75 Å². The number of ether oxygens (including phenoxy) is 1. The number of benzene rings is 3. The summed E-state index contributed by atoms with van der Waals surface area (Å²) >= 11 is 1.24. The van der Waals surface area contributed by atoms with E-state index in [1.54, 1.807) is 7.11 Å². The van der Waals surface area contributed by atoms with Crippen LogP contribution in [0, 0.1) is 0 Å². The zero-order valence-electron chi connectivity index (χ0n) is 16.6. The first kappa shape index (κ1) is 20.5. The van der Waals surface area contributed by atoms with Gasteiger partial charge in [-0.05, 0) is 42.5 Å². The molecule has 8 heteroatoms. The maximum absolute atomic E-state index is 12.6. The molecule has 0 saturated heterocycles. The van der Waals surface area contributed by atoms with Gasteiger partial charge in [0.05, 0.1) is 12.9 Å². The van der Waals surface area contributed by atoms with E-state index in [0.717, 1.165) is 17.0 Å². The lowest BCUT2D eigenvalue weighted by molar-refractivity contribution is 0.102. The molecule has 1 heterocycles. The topological polar surface area (TPSA) is 97.5 Å². The Morgan fingerprint density at radius 1 is 0.968 bits per heavy atom. The van der Waals surface area contributed by atoms with Crippen molar-refractivity contribution in [3.05, 3.63) is 78.4 Å². The molecule has 0 amide bonds. The third-order valence-corrected chi connectivity index (χ3v) is 5.55. The van der Waals surface area contributed by atoms with Crippen molar-refractivity contribution in [2.45, 2.75) is 5.16 Å². The predicted molar refractivity (Wildman–Crippen MR) is 118 cm³/mol. The number of aromatic hydroxyl groups is 2. The monoisotopic (exact) mass is 433 g/mol. The van der Waals surface area contributed by atoms with Gasteiger partial charge in [0.2, 0.25) is 0 Å². The van der Waals surface area contributed by atoms with Gasteiger partial charge >= 0.3 is 0 Å². The number of aromatic nitrogens is 3. The summed E-state index contributed by atoms with van der Waals surface area (Å²) in [6.45, 7) is 0. The van der Waals surface area contributed by atoms with Gasteiger partial charge in [-0.3, -0.25) is 9.36 Å². The van der Waals surface area contributed by atoms with Gasteiger partial charge in [0, 0.05) is 16.8 Å². The quantitative estimate of drug-likeness (QED) is 0.254. The van der Waals surface area contributed by atoms with Crippen LogP contribution in [0.1, 0.15) is 10.4 Å². The van der Waals surface area contributed by atoms with Crippen LogP contribution in [0.25, 0.3) is 17.1 Å². The van der Waals surface area contributed by atoms with Gasteiger partial charge in [-0.2, -0.15) is 0 Å². The number of phenols is 2. The smallest absolute Gasteiger partial charge is 0.196 e. The molecule has 0 aliphatic rings. The van der Waals surface area contributed by atoms with Crippen molar-refractivity contribution < 1.29 is 19.7 Å². The van der Waals surface area contributed by atoms with Crippen LogP contribution in [0.5, 0.6) is 17.2 Å². The van der Waals surface area contributed by atoms with Gasteiger partial charge in [-0.1, -0.05) is 42.1 Å². The molecule has 0 fully saturated rings. The number of phenolic OH excluding ortho intramolecular Hbond substituents is 2. The maximum Gasteiger partial charge on any atom is 0.196 e. The Morgan fingerprint density at radius 3 is 2.39 bits per heavy atom. The van der Waals surface area contributed by atoms with Crippen LogP contribution in [0.15, 0.2) is 78.0 Å². The second kappa shape index (κ2) is 8.93. The minimum atomic E-state index is -0.330. The molecule has 31 heavy (non-hydrogen) atoms. The van der Waals surface area contributed by atoms with E-state index in [4.69, 9.17) is 4.74 Å². The highest BCUT2D eigenvalue weighted by Crippen LogP contribution is 2.30. The molecule has 0 bridgehead atoms. The Balaban J connectivity index is 1.66. The van der Waals surface area contributed by atoms with Crippen LogP contribution in [0.4, 0.5) is 0 Å². The molecule has 0 radical (unpaired) electrons. The highest BCUT2D eigenvalue weighted by Gasteiger charge is 2.18. The molecule has 0 aliphatic heterocycles. The zero-order chi connectivity index (χ0) is 21.8. The summed E-state index contributed by atoms with van der Waals surface area (Å²) in [6.07, 6.45) is 0. The molecular formula is C23H19N3O4S. The first-order valence-electron chi connectivity index (χ1n) is 9.40. The average Bonchev–Trinajstić information content (AvgIpc) is 3.24. The highest BCUT2D eigenvalue weighted by molar-refractivity contribution is 7.99. The summed E-state index contributed by atoms with van der Waals surface area (Å²) < 4.78 is 7.14. The molecule has 0 unspecified atom stereocenters. The lowest BCUT2D eigenvalue weighted by Crippen LogP contribution is -2.05. The van der Waals surface area contributed by atoms with Crippen LogP contribution < -0.4 is 4.74 Å². The molecule has 2 N–H and O–H groups in total. The second-order valence-electron chi connectivity index (χ2n) is 6.62. The second-order valence-corrected chi connectivity index (χ2v) is 7.56. The molecule has 0 saturated carbocycles. The Labute approximate surface area is 183 Å². The van der Waals surface area contributed by atoms with Crippen LogP contribution in [0.2, 0.25) is 0 Å². The molecule has 0 atom stereocenters. The van der Waals surface area contributed by atoms with Gasteiger partial charge < -0.3 is 14.9 Å². The van der Waals surface area contributed by atoms with Gasteiger partial charge in [0.25, 0.3) is 0 Å². The standard InChI is InChI=1S/C23H19N3O4S/c1-30-18-10-8-17(9-11-18)26-22(15-5-3-2-4-6-15)24-25-23(26)31-14-21(29)16-7-12-19(27)20(28)13-16/h2-13,27-28H,14H2,1H3. The number of methoxy groups -OCH3 is 1. The molecule has 4 rings (SSSR count). The predicted octanol–water partition coefficient (Wildman–Crippen LogP) is 4.33. The minimum absolute atomic E-state index is 0.0906. The van der Waals surface area contributed by atoms with E-state index in [1.807, 2.05) is 59.2 Å². The van der Waals surface area contributed by atoms with Crippen molar-refractivity contribution in [3.8, 4) is 34.3 Å². The molecule has 7 nitrogen and oxygen atoms in total. The summed E-state index contributed by atoms with van der Waals surface area (Å²) in [6, 6.07) is 21.2. The van der Waals surface area contributed by atoms with Crippen LogP contribution in [0.3, 0.4) is 0 Å². The van der Waals surface area contributed by atoms with Crippen LogP contribution >= 0.6 is 11.8 Å². The highest BCUT2D eigenvalue weighted by atomic mass is 32.2. The van der Waals surface area contributed by atoms with Crippen molar-refractivity contribution in [2.75, 3.05) is 12.9 Å². The number of carbonyl (C=O) groups excluding carboxylic acids is 1. The number of hydrogen-bond acceptors (Lipinski definition) is 7. The number of nitrogens with zero attached hydrogens (tertiary/aromatic N) is 3. The van der Waals surface area contributed by atoms with E-state index in [2.05, 4.69) is 10.2 Å². The average molecular weight is 433 g/mol. The molecule has 1 aromatic heterocycles. The number of thioether (sulfide) groups is 1. The summed E-state index contributed by atoms with van der Waals surface area (Å²) in [4.78, 5) is 12.6. The lowest BCUT2D eigenvalue weighted by Gasteiger charge is -2.11. The third-order valence-electron chi connectivity index (χ3n) is 4.63. The summed E-state index contributed by atoms with van der Waals surface area (Å²) in [7, 11) is 1.61. The number of carbonyl (C=O) groups is 1. The van der Waals surface area contributed by atoms with E-state index >= 15 is 0 Å². The van der Waals surface area contributed by atoms with Crippen LogP contribution in [-0.4, -0.2) is 43.6 Å². The third kappa shape index (κ3) is 4.39. The number of ketones is 1. The maximum atomic E-state index is 12.6. The Bertz CT molecular complexity index is 1210. The Morgan fingerprint density at radius 2 is 1.71 bits per heavy atom. The molecule has 0 spiro atoms. The van der Waals surface area contributed by atoms with E-state index in [0.29, 0.717) is 16.5 Å². The van der Waals surface area contributed by atoms with Crippen molar-refractivity contribution in [3.63, 3.8) is 0 Å². The first-order valence-corrected chi connectivity index (χ1v) is 10.4.